The molecule has 2 N–H and O–H groups in total. The zero-order valence-corrected chi connectivity index (χ0v) is 18.4. The van der Waals surface area contributed by atoms with Gasteiger partial charge in [0.05, 0.1) is 16.5 Å². The van der Waals surface area contributed by atoms with E-state index in [0.717, 1.165) is 18.2 Å². The number of hydrogen-bond donors (Lipinski definition) is 2. The van der Waals surface area contributed by atoms with Gasteiger partial charge >= 0.3 is 6.18 Å². The van der Waals surface area contributed by atoms with Crippen molar-refractivity contribution in [3.05, 3.63) is 63.9 Å². The molecule has 2 aromatic carbocycles. The largest absolute Gasteiger partial charge is 0.405 e. The maximum absolute atomic E-state index is 13.8. The molecule has 13 heteroatoms. The third-order valence-corrected chi connectivity index (χ3v) is 6.09. The molecule has 2 amide bonds. The number of amides is 2. The summed E-state index contributed by atoms with van der Waals surface area (Å²) in [5.41, 5.74) is -0.948. The van der Waals surface area contributed by atoms with Crippen LogP contribution in [-0.2, 0) is 4.79 Å². The van der Waals surface area contributed by atoms with Crippen molar-refractivity contribution in [2.24, 2.45) is 5.92 Å². The van der Waals surface area contributed by atoms with Crippen LogP contribution in [0.1, 0.15) is 33.8 Å². The number of carbonyl (C=O) groups is 2. The summed E-state index contributed by atoms with van der Waals surface area (Å²) < 4.78 is 75.0. The summed E-state index contributed by atoms with van der Waals surface area (Å²) in [5.74, 6) is -5.02. The van der Waals surface area contributed by atoms with E-state index in [1.54, 1.807) is 5.32 Å². The molecule has 0 heterocycles. The molecule has 0 unspecified atom stereocenters. The molecule has 33 heavy (non-hydrogen) atoms. The summed E-state index contributed by atoms with van der Waals surface area (Å²) in [6, 6.07) is 6.09. The van der Waals surface area contributed by atoms with E-state index in [1.165, 1.54) is 12.1 Å². The topological polar surface area (TPSA) is 58.2 Å². The van der Waals surface area contributed by atoms with Crippen LogP contribution in [0.3, 0.4) is 0 Å². The van der Waals surface area contributed by atoms with Gasteiger partial charge in [0.2, 0.25) is 5.91 Å². The Labute approximate surface area is 198 Å². The second-order valence-corrected chi connectivity index (χ2v) is 9.08. The Morgan fingerprint density at radius 3 is 2.36 bits per heavy atom. The average molecular weight is 534 g/mol. The Balaban J connectivity index is 1.77. The van der Waals surface area contributed by atoms with E-state index in [0.29, 0.717) is 6.07 Å². The van der Waals surface area contributed by atoms with Crippen molar-refractivity contribution in [2.75, 3.05) is 11.9 Å². The van der Waals surface area contributed by atoms with Gasteiger partial charge in [-0.25, -0.2) is 13.2 Å². The van der Waals surface area contributed by atoms with Crippen LogP contribution in [-0.4, -0.2) is 28.9 Å². The van der Waals surface area contributed by atoms with E-state index < -0.39 is 58.5 Å². The third-order valence-electron chi connectivity index (χ3n) is 4.82. The first-order valence-electron chi connectivity index (χ1n) is 9.12. The summed E-state index contributed by atoms with van der Waals surface area (Å²) in [7, 11) is 0. The van der Waals surface area contributed by atoms with Crippen molar-refractivity contribution < 1.29 is 35.9 Å². The Kier molecular flexibility index (Phi) is 7.12. The highest BCUT2D eigenvalue weighted by molar-refractivity contribution is 6.53. The minimum atomic E-state index is -4.64. The fourth-order valence-electron chi connectivity index (χ4n) is 3.28. The van der Waals surface area contributed by atoms with Gasteiger partial charge in [-0.15, -0.1) is 23.2 Å². The maximum atomic E-state index is 13.8. The summed E-state index contributed by atoms with van der Waals surface area (Å²) >= 11 is 18.2. The predicted molar refractivity (Wildman–Crippen MR) is 110 cm³/mol. The number of rotatable bonds is 6. The van der Waals surface area contributed by atoms with Gasteiger partial charge in [-0.2, -0.15) is 13.2 Å². The van der Waals surface area contributed by atoms with Gasteiger partial charge in [0.15, 0.2) is 0 Å². The average Bonchev–Trinajstić information content (AvgIpc) is 3.28. The van der Waals surface area contributed by atoms with Gasteiger partial charge < -0.3 is 10.6 Å². The molecular formula is C20H13Cl3F6N2O2. The fourth-order valence-corrected chi connectivity index (χ4v) is 4.31. The van der Waals surface area contributed by atoms with Crippen molar-refractivity contribution in [1.29, 1.82) is 0 Å². The predicted octanol–water partition coefficient (Wildman–Crippen LogP) is 6.23. The van der Waals surface area contributed by atoms with Gasteiger partial charge in [-0.3, -0.25) is 9.59 Å². The lowest BCUT2D eigenvalue weighted by atomic mass is 10.0. The van der Waals surface area contributed by atoms with E-state index in [1.807, 2.05) is 0 Å². The fraction of sp³-hybridized carbons (Fsp3) is 0.300. The second kappa shape index (κ2) is 9.23. The zero-order chi connectivity index (χ0) is 24.7. The Morgan fingerprint density at radius 1 is 1.09 bits per heavy atom. The van der Waals surface area contributed by atoms with Crippen LogP contribution in [0.5, 0.6) is 0 Å². The van der Waals surface area contributed by atoms with Crippen LogP contribution >= 0.6 is 34.8 Å². The molecule has 1 saturated carbocycles. The lowest BCUT2D eigenvalue weighted by Gasteiger charge is -2.11. The van der Waals surface area contributed by atoms with Gasteiger partial charge in [-0.1, -0.05) is 11.6 Å². The first-order chi connectivity index (χ1) is 15.2. The summed E-state index contributed by atoms with van der Waals surface area (Å²) in [6.45, 7) is -1.59. The van der Waals surface area contributed by atoms with E-state index in [2.05, 4.69) is 5.32 Å². The molecule has 1 fully saturated rings. The first kappa shape index (κ1) is 25.5. The van der Waals surface area contributed by atoms with Crippen LogP contribution in [0, 0.1) is 11.7 Å². The molecule has 0 aliphatic heterocycles. The summed E-state index contributed by atoms with van der Waals surface area (Å²) in [6.07, 6.45) is -7.60. The van der Waals surface area contributed by atoms with E-state index in [4.69, 9.17) is 34.8 Å². The molecule has 3 rings (SSSR count). The number of alkyl halides is 7. The summed E-state index contributed by atoms with van der Waals surface area (Å²) in [4.78, 5) is 24.7. The number of hydrogen-bond acceptors (Lipinski definition) is 2. The zero-order valence-electron chi connectivity index (χ0n) is 16.1. The quantitative estimate of drug-likeness (QED) is 0.341. The molecule has 0 aromatic heterocycles. The van der Waals surface area contributed by atoms with Crippen LogP contribution in [0.15, 0.2) is 36.4 Å². The van der Waals surface area contributed by atoms with E-state index in [-0.39, 0.29) is 21.8 Å². The molecule has 2 aromatic rings. The van der Waals surface area contributed by atoms with E-state index >= 15 is 0 Å². The number of benzene rings is 2. The van der Waals surface area contributed by atoms with Crippen molar-refractivity contribution in [3.8, 4) is 0 Å². The SMILES string of the molecule is O=C(NCC(F)(F)F)c1cc(NC(=O)[C@H]2[C@H](c3cc(F)cc(C(F)F)c3)C2(Cl)Cl)ccc1Cl. The first-order valence-corrected chi connectivity index (χ1v) is 10.3. The van der Waals surface area contributed by atoms with Gasteiger partial charge in [0.25, 0.3) is 12.3 Å². The molecule has 1 aliphatic rings. The van der Waals surface area contributed by atoms with Crippen LogP contribution < -0.4 is 10.6 Å². The molecule has 0 saturated heterocycles. The molecule has 4 nitrogen and oxygen atoms in total. The van der Waals surface area contributed by atoms with Crippen molar-refractivity contribution in [2.45, 2.75) is 22.9 Å². The minimum absolute atomic E-state index is 0.00114. The monoisotopic (exact) mass is 532 g/mol. The van der Waals surface area contributed by atoms with Crippen LogP contribution in [0.25, 0.3) is 0 Å². The highest BCUT2D eigenvalue weighted by atomic mass is 35.5. The van der Waals surface area contributed by atoms with Crippen molar-refractivity contribution in [3.63, 3.8) is 0 Å². The number of nitrogens with one attached hydrogen (secondary N) is 2. The Morgan fingerprint density at radius 2 is 1.76 bits per heavy atom. The second-order valence-electron chi connectivity index (χ2n) is 7.23. The summed E-state index contributed by atoms with van der Waals surface area (Å²) in [5, 5.41) is 3.89. The molecule has 2 atom stereocenters. The Bertz CT molecular complexity index is 1090. The Hall–Kier alpha value is -2.17. The minimum Gasteiger partial charge on any atom is -0.343 e. The lowest BCUT2D eigenvalue weighted by Crippen LogP contribution is -2.33. The molecule has 0 bridgehead atoms. The normalized spacial score (nSPS) is 19.3. The van der Waals surface area contributed by atoms with Gasteiger partial charge in [0.1, 0.15) is 16.7 Å². The van der Waals surface area contributed by atoms with Gasteiger partial charge in [0, 0.05) is 17.2 Å². The van der Waals surface area contributed by atoms with E-state index in [9.17, 15) is 35.9 Å². The molecule has 1 aliphatic carbocycles. The highest BCUT2D eigenvalue weighted by Crippen LogP contribution is 2.65. The molecule has 0 radical (unpaired) electrons. The van der Waals surface area contributed by atoms with Gasteiger partial charge in [-0.05, 0) is 42.0 Å². The maximum Gasteiger partial charge on any atom is 0.405 e. The smallest absolute Gasteiger partial charge is 0.343 e. The standard InChI is InChI=1S/C20H13Cl3F6N2O2/c21-13-2-1-11(6-12(13)17(32)30-7-19(27,28)29)31-18(33)15-14(20(15,22)23)8-3-9(16(25)26)5-10(24)4-8/h1-6,14-16H,7H2,(H,30,32)(H,31,33)/t14-,15+/m0/s1. The number of halogens is 9. The lowest BCUT2D eigenvalue weighted by molar-refractivity contribution is -0.123. The number of carbonyl (C=O) groups excluding carboxylic acids is 2. The molecule has 178 valence electrons. The highest BCUT2D eigenvalue weighted by Gasteiger charge is 2.67. The molecule has 0 spiro atoms. The van der Waals surface area contributed by atoms with Crippen molar-refractivity contribution in [1.82, 2.24) is 5.32 Å². The van der Waals surface area contributed by atoms with Crippen LogP contribution in [0.4, 0.5) is 32.0 Å². The molecular weight excluding hydrogens is 521 g/mol. The van der Waals surface area contributed by atoms with Crippen molar-refractivity contribution >= 4 is 52.3 Å². The number of anilines is 1. The third kappa shape index (κ3) is 5.85. The van der Waals surface area contributed by atoms with Crippen LogP contribution in [0.2, 0.25) is 5.02 Å².